The highest BCUT2D eigenvalue weighted by Gasteiger charge is 2.17. The van der Waals surface area contributed by atoms with Gasteiger partial charge in [-0.3, -0.25) is 14.2 Å². The van der Waals surface area contributed by atoms with Gasteiger partial charge in [0.05, 0.1) is 5.39 Å². The fraction of sp³-hybridized carbons (Fsp3) is 0.0833. The number of nitrogens with zero attached hydrogens (tertiary/aromatic N) is 2. The van der Waals surface area contributed by atoms with Crippen LogP contribution >= 0.6 is 11.3 Å². The predicted molar refractivity (Wildman–Crippen MR) is 67.6 cm³/mol. The van der Waals surface area contributed by atoms with Crippen LogP contribution in [0.3, 0.4) is 0 Å². The molecule has 5 nitrogen and oxygen atoms in total. The first kappa shape index (κ1) is 11.8. The van der Waals surface area contributed by atoms with Gasteiger partial charge in [-0.2, -0.15) is 0 Å². The fourth-order valence-electron chi connectivity index (χ4n) is 1.85. The van der Waals surface area contributed by atoms with Gasteiger partial charge in [0.1, 0.15) is 6.29 Å². The van der Waals surface area contributed by atoms with Crippen molar-refractivity contribution in [2.45, 2.75) is 6.92 Å². The van der Waals surface area contributed by atoms with Gasteiger partial charge in [-0.15, -0.1) is 0 Å². The van der Waals surface area contributed by atoms with Gasteiger partial charge in [0.15, 0.2) is 11.6 Å². The van der Waals surface area contributed by atoms with E-state index in [4.69, 9.17) is 4.52 Å². The summed E-state index contributed by atoms with van der Waals surface area (Å²) in [6.45, 7) is 1.78. The van der Waals surface area contributed by atoms with E-state index in [1.54, 1.807) is 13.1 Å². The number of aldehydes is 1. The van der Waals surface area contributed by atoms with Crippen molar-refractivity contribution in [3.05, 3.63) is 44.3 Å². The van der Waals surface area contributed by atoms with E-state index in [-0.39, 0.29) is 21.8 Å². The number of aromatic nitrogens is 2. The SMILES string of the molecule is Cc1cn(-c2noc3c(F)cc(C=O)cc23)c(=O)s1. The molecule has 3 rings (SSSR count). The van der Waals surface area contributed by atoms with Crippen LogP contribution in [0.2, 0.25) is 0 Å². The lowest BCUT2D eigenvalue weighted by Gasteiger charge is -1.96. The first-order valence-electron chi connectivity index (χ1n) is 5.33. The fourth-order valence-corrected chi connectivity index (χ4v) is 2.52. The van der Waals surface area contributed by atoms with E-state index in [2.05, 4.69) is 5.16 Å². The van der Waals surface area contributed by atoms with Gasteiger partial charge in [0.2, 0.25) is 5.58 Å². The molecule has 0 N–H and O–H groups in total. The molecule has 0 unspecified atom stereocenters. The summed E-state index contributed by atoms with van der Waals surface area (Å²) in [5.74, 6) is -0.495. The Morgan fingerprint density at radius 1 is 1.47 bits per heavy atom. The van der Waals surface area contributed by atoms with Crippen molar-refractivity contribution in [3.8, 4) is 5.82 Å². The van der Waals surface area contributed by atoms with Gasteiger partial charge in [0.25, 0.3) is 0 Å². The van der Waals surface area contributed by atoms with Gasteiger partial charge < -0.3 is 4.52 Å². The van der Waals surface area contributed by atoms with Crippen molar-refractivity contribution in [1.29, 1.82) is 0 Å². The highest BCUT2D eigenvalue weighted by molar-refractivity contribution is 7.09. The highest BCUT2D eigenvalue weighted by atomic mass is 32.1. The number of aryl methyl sites for hydroxylation is 1. The molecule has 0 saturated heterocycles. The molecule has 0 aliphatic heterocycles. The summed E-state index contributed by atoms with van der Waals surface area (Å²) in [5.41, 5.74) is 0.0887. The molecule has 19 heavy (non-hydrogen) atoms. The minimum absolute atomic E-state index is 0.0728. The molecule has 0 spiro atoms. The highest BCUT2D eigenvalue weighted by Crippen LogP contribution is 2.25. The monoisotopic (exact) mass is 278 g/mol. The molecule has 2 heterocycles. The number of halogens is 1. The number of thiazole rings is 1. The Hall–Kier alpha value is -2.28. The van der Waals surface area contributed by atoms with Gasteiger partial charge in [-0.1, -0.05) is 16.5 Å². The van der Waals surface area contributed by atoms with Crippen molar-refractivity contribution in [1.82, 2.24) is 9.72 Å². The Bertz CT molecular complexity index is 846. The molecule has 96 valence electrons. The Labute approximate surface area is 109 Å². The summed E-state index contributed by atoms with van der Waals surface area (Å²) < 4.78 is 19.9. The van der Waals surface area contributed by atoms with E-state index >= 15 is 0 Å². The van der Waals surface area contributed by atoms with E-state index in [0.717, 1.165) is 22.3 Å². The molecule has 2 aromatic heterocycles. The summed E-state index contributed by atoms with van der Waals surface area (Å²) >= 11 is 1.05. The van der Waals surface area contributed by atoms with Crippen molar-refractivity contribution < 1.29 is 13.7 Å². The summed E-state index contributed by atoms with van der Waals surface area (Å²) in [6.07, 6.45) is 2.12. The van der Waals surface area contributed by atoms with Crippen LogP contribution in [0.1, 0.15) is 15.2 Å². The third-order valence-corrected chi connectivity index (χ3v) is 3.45. The third-order valence-electron chi connectivity index (χ3n) is 2.65. The van der Waals surface area contributed by atoms with Crippen LogP contribution in [-0.2, 0) is 0 Å². The maximum atomic E-state index is 13.7. The van der Waals surface area contributed by atoms with Crippen molar-refractivity contribution in [3.63, 3.8) is 0 Å². The molecule has 7 heteroatoms. The molecule has 0 fully saturated rings. The number of hydrogen-bond acceptors (Lipinski definition) is 5. The number of hydrogen-bond donors (Lipinski definition) is 0. The summed E-state index contributed by atoms with van der Waals surface area (Å²) in [5, 5.41) is 4.01. The number of fused-ring (bicyclic) bond motifs is 1. The lowest BCUT2D eigenvalue weighted by molar-refractivity contribution is 0.112. The molecular formula is C12H7FN2O3S. The van der Waals surface area contributed by atoms with Crippen LogP contribution in [0.4, 0.5) is 4.39 Å². The van der Waals surface area contributed by atoms with Crippen LogP contribution < -0.4 is 4.87 Å². The lowest BCUT2D eigenvalue weighted by Crippen LogP contribution is -2.09. The second-order valence-electron chi connectivity index (χ2n) is 3.98. The van der Waals surface area contributed by atoms with Crippen LogP contribution in [0, 0.1) is 12.7 Å². The zero-order valence-electron chi connectivity index (χ0n) is 9.71. The van der Waals surface area contributed by atoms with Gasteiger partial charge >= 0.3 is 4.87 Å². The zero-order valence-corrected chi connectivity index (χ0v) is 10.5. The smallest absolute Gasteiger partial charge is 0.313 e. The van der Waals surface area contributed by atoms with Crippen LogP contribution in [-0.4, -0.2) is 16.0 Å². The standard InChI is InChI=1S/C12H7FN2O3S/c1-6-4-15(12(17)19-6)11-8-2-7(5-16)3-9(13)10(8)18-14-11/h2-5H,1H3. The summed E-state index contributed by atoms with van der Waals surface area (Å²) in [6, 6.07) is 2.50. The maximum absolute atomic E-state index is 13.7. The predicted octanol–water partition coefficient (Wildman–Crippen LogP) is 2.30. The molecule has 1 aromatic carbocycles. The molecule has 0 radical (unpaired) electrons. The molecule has 0 aliphatic carbocycles. The summed E-state index contributed by atoms with van der Waals surface area (Å²) in [4.78, 5) is 23.1. The van der Waals surface area contributed by atoms with Crippen LogP contribution in [0.5, 0.6) is 0 Å². The lowest BCUT2D eigenvalue weighted by atomic mass is 10.1. The Morgan fingerprint density at radius 3 is 2.89 bits per heavy atom. The van der Waals surface area contributed by atoms with E-state index in [1.807, 2.05) is 0 Å². The van der Waals surface area contributed by atoms with Gasteiger partial charge in [-0.05, 0) is 19.1 Å². The molecule has 0 aliphatic rings. The van der Waals surface area contributed by atoms with Crippen molar-refractivity contribution in [2.75, 3.05) is 0 Å². The number of benzene rings is 1. The topological polar surface area (TPSA) is 65.1 Å². The maximum Gasteiger partial charge on any atom is 0.313 e. The Balaban J connectivity index is 2.36. The van der Waals surface area contributed by atoms with Crippen LogP contribution in [0.15, 0.2) is 27.6 Å². The van der Waals surface area contributed by atoms with Crippen molar-refractivity contribution >= 4 is 28.6 Å². The average molecular weight is 278 g/mol. The Kier molecular flexibility index (Phi) is 2.56. The van der Waals surface area contributed by atoms with Gasteiger partial charge in [0, 0.05) is 16.6 Å². The van der Waals surface area contributed by atoms with Crippen LogP contribution in [0.25, 0.3) is 16.8 Å². The normalized spacial score (nSPS) is 11.1. The number of carbonyl (C=O) groups excluding carboxylic acids is 1. The molecule has 3 aromatic rings. The van der Waals surface area contributed by atoms with E-state index in [1.165, 1.54) is 10.6 Å². The Morgan fingerprint density at radius 2 is 2.26 bits per heavy atom. The molecule has 0 saturated carbocycles. The quantitative estimate of drug-likeness (QED) is 0.675. The van der Waals surface area contributed by atoms with Crippen molar-refractivity contribution in [2.24, 2.45) is 0 Å². The minimum Gasteiger partial charge on any atom is -0.351 e. The van der Waals surface area contributed by atoms with E-state index in [0.29, 0.717) is 11.7 Å². The van der Waals surface area contributed by atoms with E-state index in [9.17, 15) is 14.0 Å². The molecule has 0 amide bonds. The first-order valence-corrected chi connectivity index (χ1v) is 6.15. The second kappa shape index (κ2) is 4.13. The third kappa shape index (κ3) is 1.78. The average Bonchev–Trinajstić information content (AvgIpc) is 2.92. The minimum atomic E-state index is -0.682. The van der Waals surface area contributed by atoms with Gasteiger partial charge in [-0.25, -0.2) is 4.39 Å². The zero-order chi connectivity index (χ0) is 13.6. The molecule has 0 atom stereocenters. The van der Waals surface area contributed by atoms with E-state index < -0.39 is 5.82 Å². The molecular weight excluding hydrogens is 271 g/mol. The summed E-state index contributed by atoms with van der Waals surface area (Å²) in [7, 11) is 0. The first-order chi connectivity index (χ1) is 9.10. The number of carbonyl (C=O) groups is 1. The second-order valence-corrected chi connectivity index (χ2v) is 5.18. The number of rotatable bonds is 2. The largest absolute Gasteiger partial charge is 0.351 e. The molecule has 0 bridgehead atoms.